The molecule has 164 valence electrons. The Morgan fingerprint density at radius 3 is 2.38 bits per heavy atom. The minimum absolute atomic E-state index is 0.200. The molecule has 1 aromatic rings. The Labute approximate surface area is 172 Å². The molecule has 0 saturated heterocycles. The number of carboxylic acid groups (broad SMARTS) is 1. The number of hydrogen-bond donors (Lipinski definition) is 3. The third-order valence-electron chi connectivity index (χ3n) is 3.79. The van der Waals surface area contributed by atoms with Gasteiger partial charge in [-0.15, -0.1) is 0 Å². The number of ether oxygens (including phenoxy) is 3. The first-order chi connectivity index (χ1) is 13.6. The number of aliphatic hydroxyl groups is 1. The maximum Gasteiger partial charge on any atom is 0.408 e. The van der Waals surface area contributed by atoms with E-state index in [1.165, 1.54) is 0 Å². The third kappa shape index (κ3) is 12.1. The van der Waals surface area contributed by atoms with Crippen molar-refractivity contribution in [3.05, 3.63) is 35.9 Å². The summed E-state index contributed by atoms with van der Waals surface area (Å²) in [5.74, 6) is -1.21. The first kappa shape index (κ1) is 24.9. The highest BCUT2D eigenvalue weighted by Gasteiger charge is 2.24. The summed E-state index contributed by atoms with van der Waals surface area (Å²) in [6.07, 6.45) is -0.661. The molecular formula is C21H33NO7. The Hall–Kier alpha value is -2.16. The Bertz CT molecular complexity index is 613. The van der Waals surface area contributed by atoms with Crippen LogP contribution < -0.4 is 5.32 Å². The summed E-state index contributed by atoms with van der Waals surface area (Å²) in [7, 11) is 0. The van der Waals surface area contributed by atoms with Crippen molar-refractivity contribution in [3.8, 4) is 0 Å². The zero-order valence-electron chi connectivity index (χ0n) is 17.6. The summed E-state index contributed by atoms with van der Waals surface area (Å²) in [6, 6.07) is 8.47. The minimum Gasteiger partial charge on any atom is -0.480 e. The predicted molar refractivity (Wildman–Crippen MR) is 108 cm³/mol. The van der Waals surface area contributed by atoms with E-state index in [0.717, 1.165) is 5.56 Å². The maximum absolute atomic E-state index is 11.8. The van der Waals surface area contributed by atoms with Gasteiger partial charge < -0.3 is 29.7 Å². The van der Waals surface area contributed by atoms with Gasteiger partial charge in [0.2, 0.25) is 0 Å². The van der Waals surface area contributed by atoms with Crippen LogP contribution in [0.5, 0.6) is 0 Å². The molecule has 0 aromatic heterocycles. The molecule has 0 aliphatic rings. The number of carbonyl (C=O) groups excluding carboxylic acids is 1. The number of rotatable bonds is 12. The fourth-order valence-corrected chi connectivity index (χ4v) is 2.48. The monoisotopic (exact) mass is 411 g/mol. The Kier molecular flexibility index (Phi) is 10.6. The summed E-state index contributed by atoms with van der Waals surface area (Å²) in [6.45, 7) is 7.20. The van der Waals surface area contributed by atoms with Crippen LogP contribution in [0.25, 0.3) is 0 Å². The van der Waals surface area contributed by atoms with Crippen LogP contribution in [0.3, 0.4) is 0 Å². The average Bonchev–Trinajstić information content (AvgIpc) is 2.60. The molecule has 8 nitrogen and oxygen atoms in total. The molecule has 1 amide bonds. The van der Waals surface area contributed by atoms with Crippen molar-refractivity contribution in [3.63, 3.8) is 0 Å². The van der Waals surface area contributed by atoms with E-state index in [1.807, 2.05) is 30.3 Å². The molecule has 0 fully saturated rings. The van der Waals surface area contributed by atoms with Gasteiger partial charge in [0.1, 0.15) is 5.60 Å². The number of carboxylic acids is 1. The van der Waals surface area contributed by atoms with Gasteiger partial charge in [0, 0.05) is 6.61 Å². The lowest BCUT2D eigenvalue weighted by Crippen LogP contribution is -2.46. The van der Waals surface area contributed by atoms with E-state index in [0.29, 0.717) is 19.4 Å². The number of aliphatic carboxylic acids is 1. The number of hydrogen-bond acceptors (Lipinski definition) is 6. The zero-order chi connectivity index (χ0) is 21.9. The number of aliphatic hydroxyl groups excluding tert-OH is 1. The summed E-state index contributed by atoms with van der Waals surface area (Å²) in [5.41, 5.74) is 0.301. The molecule has 0 aliphatic carbocycles. The topological polar surface area (TPSA) is 114 Å². The van der Waals surface area contributed by atoms with Crippen LogP contribution in [0.1, 0.15) is 46.1 Å². The average molecular weight is 411 g/mol. The van der Waals surface area contributed by atoms with E-state index in [4.69, 9.17) is 14.2 Å². The van der Waals surface area contributed by atoms with Crippen LogP contribution in [-0.4, -0.2) is 59.3 Å². The van der Waals surface area contributed by atoms with Gasteiger partial charge in [-0.25, -0.2) is 9.59 Å². The molecule has 0 saturated carbocycles. The van der Waals surface area contributed by atoms with Crippen molar-refractivity contribution in [2.75, 3.05) is 13.2 Å². The molecule has 29 heavy (non-hydrogen) atoms. The van der Waals surface area contributed by atoms with Crippen molar-refractivity contribution >= 4 is 12.1 Å². The number of benzene rings is 1. The lowest BCUT2D eigenvalue weighted by Gasteiger charge is -2.22. The molecule has 3 N–H and O–H groups in total. The quantitative estimate of drug-likeness (QED) is 0.453. The van der Waals surface area contributed by atoms with Crippen LogP contribution in [0.2, 0.25) is 0 Å². The normalized spacial score (nSPS) is 14.7. The number of carbonyl (C=O) groups is 2. The second-order valence-electron chi connectivity index (χ2n) is 7.90. The van der Waals surface area contributed by atoms with Gasteiger partial charge in [0.15, 0.2) is 6.04 Å². The van der Waals surface area contributed by atoms with Crippen molar-refractivity contribution < 1.29 is 34.0 Å². The first-order valence-electron chi connectivity index (χ1n) is 9.70. The first-order valence-corrected chi connectivity index (χ1v) is 9.70. The summed E-state index contributed by atoms with van der Waals surface area (Å²) in [4.78, 5) is 23.1. The second-order valence-corrected chi connectivity index (χ2v) is 7.90. The van der Waals surface area contributed by atoms with E-state index in [1.54, 1.807) is 27.7 Å². The lowest BCUT2D eigenvalue weighted by molar-refractivity contribution is -0.141. The maximum atomic E-state index is 11.8. The van der Waals surface area contributed by atoms with Gasteiger partial charge in [-0.2, -0.15) is 0 Å². The molecule has 0 radical (unpaired) electrons. The molecule has 1 rings (SSSR count). The van der Waals surface area contributed by atoms with E-state index in [2.05, 4.69) is 5.32 Å². The molecule has 0 heterocycles. The summed E-state index contributed by atoms with van der Waals surface area (Å²) >= 11 is 0. The van der Waals surface area contributed by atoms with Crippen LogP contribution in [0.4, 0.5) is 4.79 Å². The van der Waals surface area contributed by atoms with E-state index >= 15 is 0 Å². The van der Waals surface area contributed by atoms with Gasteiger partial charge in [0.25, 0.3) is 0 Å². The van der Waals surface area contributed by atoms with Crippen LogP contribution >= 0.6 is 0 Å². The molecule has 0 bridgehead atoms. The molecule has 3 atom stereocenters. The largest absolute Gasteiger partial charge is 0.480 e. The predicted octanol–water partition coefficient (Wildman–Crippen LogP) is 2.73. The molecule has 0 aliphatic heterocycles. The zero-order valence-corrected chi connectivity index (χ0v) is 17.6. The van der Waals surface area contributed by atoms with Gasteiger partial charge >= 0.3 is 12.1 Å². The lowest BCUT2D eigenvalue weighted by atomic mass is 10.1. The van der Waals surface area contributed by atoms with Crippen molar-refractivity contribution in [2.45, 2.75) is 71.0 Å². The fraction of sp³-hybridized carbons (Fsp3) is 0.619. The van der Waals surface area contributed by atoms with E-state index in [-0.39, 0.29) is 19.3 Å². The second kappa shape index (κ2) is 12.4. The molecule has 0 spiro atoms. The van der Waals surface area contributed by atoms with Crippen LogP contribution in [0.15, 0.2) is 30.3 Å². The highest BCUT2D eigenvalue weighted by atomic mass is 16.6. The standard InChI is InChI=1S/C21H33NO7/c1-15(23)12-17(28-13-16-8-6-5-7-9-16)10-11-27-14-18(19(24)25)22-20(26)29-21(2,3)4/h5-9,15,17-18,23H,10-14H2,1-4H3,(H,22,26)(H,24,25). The smallest absolute Gasteiger partial charge is 0.408 e. The molecule has 1 aromatic carbocycles. The van der Waals surface area contributed by atoms with Gasteiger partial charge in [0.05, 0.1) is 25.4 Å². The molecule has 3 unspecified atom stereocenters. The summed E-state index contributed by atoms with van der Waals surface area (Å²) < 4.78 is 16.4. The fourth-order valence-electron chi connectivity index (χ4n) is 2.48. The van der Waals surface area contributed by atoms with Crippen molar-refractivity contribution in [1.29, 1.82) is 0 Å². The highest BCUT2D eigenvalue weighted by molar-refractivity contribution is 5.80. The van der Waals surface area contributed by atoms with Crippen molar-refractivity contribution in [2.24, 2.45) is 0 Å². The van der Waals surface area contributed by atoms with Crippen LogP contribution in [0, 0.1) is 0 Å². The Balaban J connectivity index is 2.44. The Morgan fingerprint density at radius 1 is 1.17 bits per heavy atom. The van der Waals surface area contributed by atoms with Crippen LogP contribution in [-0.2, 0) is 25.6 Å². The van der Waals surface area contributed by atoms with Gasteiger partial charge in [-0.1, -0.05) is 30.3 Å². The summed E-state index contributed by atoms with van der Waals surface area (Å²) in [5, 5.41) is 21.2. The van der Waals surface area contributed by atoms with Gasteiger partial charge in [-0.05, 0) is 46.1 Å². The van der Waals surface area contributed by atoms with E-state index < -0.39 is 29.8 Å². The van der Waals surface area contributed by atoms with E-state index in [9.17, 15) is 19.8 Å². The number of nitrogens with one attached hydrogen (secondary N) is 1. The van der Waals surface area contributed by atoms with Gasteiger partial charge in [-0.3, -0.25) is 0 Å². The number of amides is 1. The third-order valence-corrected chi connectivity index (χ3v) is 3.79. The van der Waals surface area contributed by atoms with Crippen molar-refractivity contribution in [1.82, 2.24) is 5.32 Å². The minimum atomic E-state index is -1.22. The SMILES string of the molecule is CC(O)CC(CCOCC(NC(=O)OC(C)(C)C)C(=O)O)OCc1ccccc1. The number of alkyl carbamates (subject to hydrolysis) is 1. The highest BCUT2D eigenvalue weighted by Crippen LogP contribution is 2.12. The molecular weight excluding hydrogens is 378 g/mol. The molecule has 8 heteroatoms. The Morgan fingerprint density at radius 2 is 1.83 bits per heavy atom.